The lowest BCUT2D eigenvalue weighted by atomic mass is 9.92. The molecule has 2 rings (SSSR count). The second-order valence-electron chi connectivity index (χ2n) is 4.47. The number of halogens is 1. The van der Waals surface area contributed by atoms with Crippen LogP contribution in [0, 0.1) is 0 Å². The molecule has 0 saturated carbocycles. The second kappa shape index (κ2) is 5.69. The summed E-state index contributed by atoms with van der Waals surface area (Å²) >= 11 is 5.78. The third kappa shape index (κ3) is 3.22. The van der Waals surface area contributed by atoms with Gasteiger partial charge in [0.15, 0.2) is 0 Å². The number of carbonyl (C=O) groups excluding carboxylic acids is 1. The molecule has 0 atom stereocenters. The molecule has 1 fully saturated rings. The summed E-state index contributed by atoms with van der Waals surface area (Å²) in [5.41, 5.74) is 6.01. The molecular weight excluding hydrogens is 254 g/mol. The van der Waals surface area contributed by atoms with Crippen molar-refractivity contribution in [1.29, 1.82) is 0 Å². The van der Waals surface area contributed by atoms with Gasteiger partial charge in [0, 0.05) is 18.2 Å². The molecule has 0 aliphatic carbocycles. The Bertz CT molecular complexity index is 413. The predicted molar refractivity (Wildman–Crippen MR) is 68.2 cm³/mol. The van der Waals surface area contributed by atoms with Crippen molar-refractivity contribution in [2.75, 3.05) is 13.2 Å². The molecule has 0 radical (unpaired) electrons. The van der Waals surface area contributed by atoms with Crippen LogP contribution in [0.25, 0.3) is 0 Å². The fraction of sp³-hybridized carbons (Fsp3) is 0.462. The number of nitrogens with two attached hydrogens (primary N) is 1. The number of rotatable bonds is 3. The molecule has 1 aromatic carbocycles. The van der Waals surface area contributed by atoms with Crippen LogP contribution in [-0.2, 0) is 20.9 Å². The van der Waals surface area contributed by atoms with Gasteiger partial charge < -0.3 is 15.2 Å². The van der Waals surface area contributed by atoms with Gasteiger partial charge >= 0.3 is 5.97 Å². The molecule has 0 unspecified atom stereocenters. The van der Waals surface area contributed by atoms with E-state index in [-0.39, 0.29) is 12.6 Å². The van der Waals surface area contributed by atoms with E-state index in [1.54, 1.807) is 12.1 Å². The number of carbonyl (C=O) groups is 1. The zero-order valence-corrected chi connectivity index (χ0v) is 10.8. The normalized spacial score (nSPS) is 18.3. The molecule has 0 bridgehead atoms. The summed E-state index contributed by atoms with van der Waals surface area (Å²) in [7, 11) is 0. The third-order valence-electron chi connectivity index (χ3n) is 3.07. The van der Waals surface area contributed by atoms with Crippen LogP contribution in [0.5, 0.6) is 0 Å². The zero-order valence-electron chi connectivity index (χ0n) is 10.0. The Balaban J connectivity index is 1.89. The van der Waals surface area contributed by atoms with E-state index in [1.807, 2.05) is 12.1 Å². The summed E-state index contributed by atoms with van der Waals surface area (Å²) in [5.74, 6) is -0.360. The maximum atomic E-state index is 11.9. The summed E-state index contributed by atoms with van der Waals surface area (Å²) < 4.78 is 10.4. The molecule has 0 aromatic heterocycles. The largest absolute Gasteiger partial charge is 0.459 e. The number of hydrogen-bond donors (Lipinski definition) is 1. The summed E-state index contributed by atoms with van der Waals surface area (Å²) in [6.07, 6.45) is 1.01. The van der Waals surface area contributed by atoms with Crippen LogP contribution in [0.2, 0.25) is 5.02 Å². The Labute approximate surface area is 111 Å². The van der Waals surface area contributed by atoms with Crippen LogP contribution in [0.1, 0.15) is 18.4 Å². The Hall–Kier alpha value is -1.10. The molecule has 1 heterocycles. The molecule has 1 saturated heterocycles. The summed E-state index contributed by atoms with van der Waals surface area (Å²) in [6.45, 7) is 1.23. The Morgan fingerprint density at radius 3 is 2.56 bits per heavy atom. The molecule has 1 aliphatic heterocycles. The maximum Gasteiger partial charge on any atom is 0.326 e. The van der Waals surface area contributed by atoms with Crippen molar-refractivity contribution >= 4 is 17.6 Å². The molecule has 1 aromatic rings. The van der Waals surface area contributed by atoms with Crippen LogP contribution < -0.4 is 5.73 Å². The smallest absolute Gasteiger partial charge is 0.326 e. The standard InChI is InChI=1S/C13H16ClNO3/c14-11-3-1-10(2-4-11)9-18-12(16)13(15)5-7-17-8-6-13/h1-4H,5-9,15H2. The first-order valence-corrected chi connectivity index (χ1v) is 6.26. The highest BCUT2D eigenvalue weighted by atomic mass is 35.5. The van der Waals surface area contributed by atoms with Crippen LogP contribution in [0.4, 0.5) is 0 Å². The van der Waals surface area contributed by atoms with E-state index >= 15 is 0 Å². The molecule has 1 aliphatic rings. The van der Waals surface area contributed by atoms with Gasteiger partial charge in [-0.25, -0.2) is 0 Å². The van der Waals surface area contributed by atoms with Crippen molar-refractivity contribution in [3.05, 3.63) is 34.9 Å². The molecule has 5 heteroatoms. The Kier molecular flexibility index (Phi) is 4.22. The highest BCUT2D eigenvalue weighted by Crippen LogP contribution is 2.20. The van der Waals surface area contributed by atoms with E-state index in [0.717, 1.165) is 5.56 Å². The quantitative estimate of drug-likeness (QED) is 0.852. The van der Waals surface area contributed by atoms with Crippen molar-refractivity contribution in [2.24, 2.45) is 5.73 Å². The Morgan fingerprint density at radius 1 is 1.33 bits per heavy atom. The van der Waals surface area contributed by atoms with Gasteiger partial charge in [0.2, 0.25) is 0 Å². The van der Waals surface area contributed by atoms with Crippen LogP contribution in [0.3, 0.4) is 0 Å². The van der Waals surface area contributed by atoms with E-state index in [9.17, 15) is 4.79 Å². The highest BCUT2D eigenvalue weighted by molar-refractivity contribution is 6.30. The fourth-order valence-electron chi connectivity index (χ4n) is 1.81. The maximum absolute atomic E-state index is 11.9. The summed E-state index contributed by atoms with van der Waals surface area (Å²) in [4.78, 5) is 11.9. The lowest BCUT2D eigenvalue weighted by Gasteiger charge is -2.30. The van der Waals surface area contributed by atoms with Crippen molar-refractivity contribution in [1.82, 2.24) is 0 Å². The first-order valence-electron chi connectivity index (χ1n) is 5.88. The monoisotopic (exact) mass is 269 g/mol. The van der Waals surface area contributed by atoms with Crippen LogP contribution in [-0.4, -0.2) is 24.7 Å². The number of hydrogen-bond acceptors (Lipinski definition) is 4. The molecule has 2 N–H and O–H groups in total. The molecule has 0 amide bonds. The first-order chi connectivity index (χ1) is 8.60. The van der Waals surface area contributed by atoms with Crippen molar-refractivity contribution in [3.8, 4) is 0 Å². The lowest BCUT2D eigenvalue weighted by molar-refractivity contribution is -0.155. The van der Waals surface area contributed by atoms with Crippen LogP contribution >= 0.6 is 11.6 Å². The molecular formula is C13H16ClNO3. The second-order valence-corrected chi connectivity index (χ2v) is 4.91. The van der Waals surface area contributed by atoms with E-state index in [2.05, 4.69) is 0 Å². The third-order valence-corrected chi connectivity index (χ3v) is 3.33. The molecule has 18 heavy (non-hydrogen) atoms. The summed E-state index contributed by atoms with van der Waals surface area (Å²) in [6, 6.07) is 7.17. The molecule has 98 valence electrons. The summed E-state index contributed by atoms with van der Waals surface area (Å²) in [5, 5.41) is 0.657. The predicted octanol–water partition coefficient (Wildman–Crippen LogP) is 1.89. The average Bonchev–Trinajstić information content (AvgIpc) is 2.38. The highest BCUT2D eigenvalue weighted by Gasteiger charge is 2.37. The average molecular weight is 270 g/mol. The van der Waals surface area contributed by atoms with Crippen molar-refractivity contribution in [3.63, 3.8) is 0 Å². The van der Waals surface area contributed by atoms with Gasteiger partial charge in [-0.05, 0) is 30.5 Å². The minimum Gasteiger partial charge on any atom is -0.459 e. The van der Waals surface area contributed by atoms with Gasteiger partial charge in [0.05, 0.1) is 0 Å². The SMILES string of the molecule is NC1(C(=O)OCc2ccc(Cl)cc2)CCOCC1. The van der Waals surface area contributed by atoms with Gasteiger partial charge in [0.25, 0.3) is 0 Å². The fourth-order valence-corrected chi connectivity index (χ4v) is 1.94. The zero-order chi connectivity index (χ0) is 13.0. The topological polar surface area (TPSA) is 61.6 Å². The van der Waals surface area contributed by atoms with Crippen molar-refractivity contribution < 1.29 is 14.3 Å². The Morgan fingerprint density at radius 2 is 1.94 bits per heavy atom. The van der Waals surface area contributed by atoms with E-state index in [1.165, 1.54) is 0 Å². The minimum absolute atomic E-state index is 0.218. The first kappa shape index (κ1) is 13.3. The van der Waals surface area contributed by atoms with Gasteiger partial charge in [-0.15, -0.1) is 0 Å². The molecule has 0 spiro atoms. The van der Waals surface area contributed by atoms with E-state index in [4.69, 9.17) is 26.8 Å². The van der Waals surface area contributed by atoms with Gasteiger partial charge in [-0.3, -0.25) is 4.79 Å². The lowest BCUT2D eigenvalue weighted by Crippen LogP contribution is -2.52. The number of ether oxygens (including phenoxy) is 2. The van der Waals surface area contributed by atoms with E-state index < -0.39 is 5.54 Å². The van der Waals surface area contributed by atoms with Gasteiger partial charge in [0.1, 0.15) is 12.1 Å². The number of benzene rings is 1. The minimum atomic E-state index is -0.898. The van der Waals surface area contributed by atoms with Crippen molar-refractivity contribution in [2.45, 2.75) is 25.0 Å². The van der Waals surface area contributed by atoms with E-state index in [0.29, 0.717) is 31.1 Å². The van der Waals surface area contributed by atoms with Gasteiger partial charge in [-0.1, -0.05) is 23.7 Å². The van der Waals surface area contributed by atoms with Crippen LogP contribution in [0.15, 0.2) is 24.3 Å². The number of esters is 1. The molecule has 4 nitrogen and oxygen atoms in total. The van der Waals surface area contributed by atoms with Gasteiger partial charge in [-0.2, -0.15) is 0 Å².